The second-order valence-electron chi connectivity index (χ2n) is 8.84. The van der Waals surface area contributed by atoms with Crippen LogP contribution in [-0.2, 0) is 4.74 Å². The number of nitrogens with one attached hydrogen (secondary N) is 1. The normalized spacial score (nSPS) is 27.2. The van der Waals surface area contributed by atoms with Crippen molar-refractivity contribution in [2.75, 3.05) is 45.9 Å². The lowest BCUT2D eigenvalue weighted by Gasteiger charge is -2.43. The van der Waals surface area contributed by atoms with Crippen molar-refractivity contribution in [3.05, 3.63) is 36.0 Å². The highest BCUT2D eigenvalue weighted by molar-refractivity contribution is 5.98. The van der Waals surface area contributed by atoms with Crippen molar-refractivity contribution in [1.29, 1.82) is 0 Å². The third-order valence-electron chi connectivity index (χ3n) is 6.48. The Morgan fingerprint density at radius 1 is 1.22 bits per heavy atom. The largest absolute Gasteiger partial charge is 0.379 e. The molecule has 0 bridgehead atoms. The number of benzene rings is 1. The van der Waals surface area contributed by atoms with Crippen LogP contribution in [0.3, 0.4) is 0 Å². The van der Waals surface area contributed by atoms with Gasteiger partial charge < -0.3 is 19.5 Å². The van der Waals surface area contributed by atoms with Gasteiger partial charge in [0.05, 0.1) is 13.2 Å². The van der Waals surface area contributed by atoms with E-state index in [1.807, 2.05) is 30.5 Å². The van der Waals surface area contributed by atoms with Crippen LogP contribution in [0.25, 0.3) is 10.9 Å². The van der Waals surface area contributed by atoms with E-state index in [0.29, 0.717) is 0 Å². The fourth-order valence-electron chi connectivity index (χ4n) is 4.89. The summed E-state index contributed by atoms with van der Waals surface area (Å²) < 4.78 is 6.02. The molecule has 2 aromatic rings. The molecule has 27 heavy (non-hydrogen) atoms. The second-order valence-corrected chi connectivity index (χ2v) is 8.84. The van der Waals surface area contributed by atoms with E-state index in [1.165, 1.54) is 19.4 Å². The highest BCUT2D eigenvalue weighted by Gasteiger charge is 2.41. The SMILES string of the molecule is O=C(c1ccc2cc[nH]c2c1)N1CCC[C@]2(COCCN(CC3CC3)C2)C1. The lowest BCUT2D eigenvalue weighted by atomic mass is 9.79. The first-order valence-electron chi connectivity index (χ1n) is 10.4. The third kappa shape index (κ3) is 3.63. The maximum Gasteiger partial charge on any atom is 0.253 e. The molecule has 3 heterocycles. The Bertz CT molecular complexity index is 828. The van der Waals surface area contributed by atoms with E-state index in [0.717, 1.165) is 74.6 Å². The Kier molecular flexibility index (Phi) is 4.44. The number of rotatable bonds is 3. The van der Waals surface area contributed by atoms with Crippen LogP contribution in [-0.4, -0.2) is 66.6 Å². The number of H-pyrrole nitrogens is 1. The van der Waals surface area contributed by atoms with Gasteiger partial charge in [0.1, 0.15) is 0 Å². The standard InChI is InChI=1S/C22H29N3O2/c26-21(19-5-4-18-6-8-23-20(18)12-19)25-9-1-7-22(15-25)14-24(10-11-27-16-22)13-17-2-3-17/h4-6,8,12,17,23H,1-3,7,9-11,13-16H2/t22-/m1/s1. The number of aromatic amines is 1. The van der Waals surface area contributed by atoms with E-state index in [9.17, 15) is 4.79 Å². The van der Waals surface area contributed by atoms with Crippen molar-refractivity contribution in [3.63, 3.8) is 0 Å². The number of fused-ring (bicyclic) bond motifs is 1. The average Bonchev–Trinajstić information content (AvgIpc) is 3.41. The molecule has 2 saturated heterocycles. The van der Waals surface area contributed by atoms with Gasteiger partial charge in [0.25, 0.3) is 5.91 Å². The molecular formula is C22H29N3O2. The zero-order chi connectivity index (χ0) is 18.3. The summed E-state index contributed by atoms with van der Waals surface area (Å²) in [6, 6.07) is 8.02. The van der Waals surface area contributed by atoms with Crippen LogP contribution >= 0.6 is 0 Å². The predicted molar refractivity (Wildman–Crippen MR) is 106 cm³/mol. The number of carbonyl (C=O) groups is 1. The molecular weight excluding hydrogens is 338 g/mol. The third-order valence-corrected chi connectivity index (χ3v) is 6.48. The number of nitrogens with zero attached hydrogens (tertiary/aromatic N) is 2. The van der Waals surface area contributed by atoms with Crippen molar-refractivity contribution in [3.8, 4) is 0 Å². The molecule has 5 heteroatoms. The van der Waals surface area contributed by atoms with E-state index in [2.05, 4.69) is 14.8 Å². The molecule has 0 radical (unpaired) electrons. The van der Waals surface area contributed by atoms with Gasteiger partial charge in [-0.15, -0.1) is 0 Å². The molecule has 1 amide bonds. The summed E-state index contributed by atoms with van der Waals surface area (Å²) in [6.07, 6.45) is 6.92. The first kappa shape index (κ1) is 17.3. The van der Waals surface area contributed by atoms with Gasteiger partial charge in [-0.1, -0.05) is 6.07 Å². The Morgan fingerprint density at radius 3 is 3.04 bits per heavy atom. The number of ether oxygens (including phenoxy) is 1. The maximum absolute atomic E-state index is 13.2. The summed E-state index contributed by atoms with van der Waals surface area (Å²) in [4.78, 5) is 21.1. The summed E-state index contributed by atoms with van der Waals surface area (Å²) in [5, 5.41) is 1.15. The summed E-state index contributed by atoms with van der Waals surface area (Å²) >= 11 is 0. The minimum Gasteiger partial charge on any atom is -0.379 e. The zero-order valence-corrected chi connectivity index (χ0v) is 16.0. The molecule has 1 aromatic heterocycles. The van der Waals surface area contributed by atoms with Crippen LogP contribution in [0.2, 0.25) is 0 Å². The first-order valence-corrected chi connectivity index (χ1v) is 10.4. The van der Waals surface area contributed by atoms with Crippen LogP contribution in [0.1, 0.15) is 36.0 Å². The molecule has 3 fully saturated rings. The predicted octanol–water partition coefficient (Wildman–Crippen LogP) is 3.13. The Labute approximate surface area is 160 Å². The molecule has 3 aliphatic rings. The topological polar surface area (TPSA) is 48.6 Å². The van der Waals surface area contributed by atoms with E-state index in [1.54, 1.807) is 0 Å². The van der Waals surface area contributed by atoms with Gasteiger partial charge in [0, 0.05) is 55.4 Å². The molecule has 5 rings (SSSR count). The molecule has 1 N–H and O–H groups in total. The van der Waals surface area contributed by atoms with Crippen molar-refractivity contribution >= 4 is 16.8 Å². The number of piperidine rings is 1. The van der Waals surface area contributed by atoms with Crippen molar-refractivity contribution < 1.29 is 9.53 Å². The fourth-order valence-corrected chi connectivity index (χ4v) is 4.89. The van der Waals surface area contributed by atoms with Gasteiger partial charge in [-0.05, 0) is 55.2 Å². The number of carbonyl (C=O) groups excluding carboxylic acids is 1. The summed E-state index contributed by atoms with van der Waals surface area (Å²) in [7, 11) is 0. The number of hydrogen-bond donors (Lipinski definition) is 1. The number of likely N-dealkylation sites (tertiary alicyclic amines) is 1. The summed E-state index contributed by atoms with van der Waals surface area (Å²) in [5.74, 6) is 1.05. The van der Waals surface area contributed by atoms with Crippen molar-refractivity contribution in [1.82, 2.24) is 14.8 Å². The number of hydrogen-bond acceptors (Lipinski definition) is 3. The highest BCUT2D eigenvalue weighted by atomic mass is 16.5. The van der Waals surface area contributed by atoms with Crippen LogP contribution in [0.5, 0.6) is 0 Å². The number of aromatic nitrogens is 1. The first-order chi connectivity index (χ1) is 13.2. The van der Waals surface area contributed by atoms with Crippen LogP contribution < -0.4 is 0 Å². The maximum atomic E-state index is 13.2. The Hall–Kier alpha value is -1.85. The molecule has 1 aromatic carbocycles. The van der Waals surface area contributed by atoms with Gasteiger partial charge in [0.15, 0.2) is 0 Å². The lowest BCUT2D eigenvalue weighted by molar-refractivity contribution is 0.00718. The molecule has 1 aliphatic carbocycles. The van der Waals surface area contributed by atoms with Crippen molar-refractivity contribution in [2.45, 2.75) is 25.7 Å². The summed E-state index contributed by atoms with van der Waals surface area (Å²) in [6.45, 7) is 6.60. The van der Waals surface area contributed by atoms with Gasteiger partial charge in [0.2, 0.25) is 0 Å². The van der Waals surface area contributed by atoms with Gasteiger partial charge in [-0.2, -0.15) is 0 Å². The molecule has 1 spiro atoms. The van der Waals surface area contributed by atoms with Crippen LogP contribution in [0.4, 0.5) is 0 Å². The monoisotopic (exact) mass is 367 g/mol. The zero-order valence-electron chi connectivity index (χ0n) is 16.0. The molecule has 0 unspecified atom stereocenters. The van der Waals surface area contributed by atoms with Gasteiger partial charge in [-0.25, -0.2) is 0 Å². The lowest BCUT2D eigenvalue weighted by Crippen LogP contribution is -2.52. The van der Waals surface area contributed by atoms with Gasteiger partial charge >= 0.3 is 0 Å². The van der Waals surface area contributed by atoms with Crippen LogP contribution in [0.15, 0.2) is 30.5 Å². The molecule has 2 aliphatic heterocycles. The van der Waals surface area contributed by atoms with E-state index < -0.39 is 0 Å². The highest BCUT2D eigenvalue weighted by Crippen LogP contribution is 2.36. The fraction of sp³-hybridized carbons (Fsp3) is 0.591. The quantitative estimate of drug-likeness (QED) is 0.907. The Morgan fingerprint density at radius 2 is 2.15 bits per heavy atom. The minimum atomic E-state index is 0.0931. The Balaban J connectivity index is 1.33. The minimum absolute atomic E-state index is 0.0931. The average molecular weight is 367 g/mol. The van der Waals surface area contributed by atoms with E-state index in [-0.39, 0.29) is 11.3 Å². The molecule has 1 atom stereocenters. The van der Waals surface area contributed by atoms with Gasteiger partial charge in [-0.3, -0.25) is 4.79 Å². The molecule has 5 nitrogen and oxygen atoms in total. The van der Waals surface area contributed by atoms with E-state index >= 15 is 0 Å². The molecule has 1 saturated carbocycles. The van der Waals surface area contributed by atoms with E-state index in [4.69, 9.17) is 4.74 Å². The number of amides is 1. The smallest absolute Gasteiger partial charge is 0.253 e. The van der Waals surface area contributed by atoms with Crippen molar-refractivity contribution in [2.24, 2.45) is 11.3 Å². The molecule has 144 valence electrons. The van der Waals surface area contributed by atoms with Crippen LogP contribution in [0, 0.1) is 11.3 Å². The summed E-state index contributed by atoms with van der Waals surface area (Å²) in [5.41, 5.74) is 1.91. The second kappa shape index (κ2) is 6.95.